The number of ether oxygens (including phenoxy) is 2. The van der Waals surface area contributed by atoms with Gasteiger partial charge in [0, 0.05) is 32.2 Å². The molecule has 1 aromatic rings. The van der Waals surface area contributed by atoms with Crippen LogP contribution in [0.2, 0.25) is 0 Å². The fourth-order valence-corrected chi connectivity index (χ4v) is 2.99. The number of nitrogens with zero attached hydrogens (tertiary/aromatic N) is 2. The molecule has 1 unspecified atom stereocenters. The average molecular weight is 490 g/mol. The first-order valence-electron chi connectivity index (χ1n) is 9.42. The van der Waals surface area contributed by atoms with E-state index in [0.29, 0.717) is 6.54 Å². The summed E-state index contributed by atoms with van der Waals surface area (Å²) in [7, 11) is 1.80. The highest BCUT2D eigenvalue weighted by Crippen LogP contribution is 2.17. The Morgan fingerprint density at radius 2 is 1.93 bits per heavy atom. The van der Waals surface area contributed by atoms with E-state index in [1.165, 1.54) is 0 Å². The van der Waals surface area contributed by atoms with E-state index in [4.69, 9.17) is 9.47 Å². The predicted octanol–water partition coefficient (Wildman–Crippen LogP) is 2.66. The van der Waals surface area contributed by atoms with Crippen molar-refractivity contribution >= 4 is 29.9 Å². The van der Waals surface area contributed by atoms with Gasteiger partial charge in [-0.1, -0.05) is 18.2 Å². The molecule has 1 aliphatic heterocycles. The van der Waals surface area contributed by atoms with Crippen LogP contribution in [0, 0.1) is 6.92 Å². The van der Waals surface area contributed by atoms with Crippen molar-refractivity contribution in [3.8, 4) is 5.75 Å². The Balaban J connectivity index is 0.00000364. The zero-order valence-electron chi connectivity index (χ0n) is 17.2. The van der Waals surface area contributed by atoms with Crippen molar-refractivity contribution in [2.24, 2.45) is 4.99 Å². The van der Waals surface area contributed by atoms with Crippen molar-refractivity contribution in [2.45, 2.75) is 39.3 Å². The van der Waals surface area contributed by atoms with Crippen LogP contribution in [0.3, 0.4) is 0 Å². The summed E-state index contributed by atoms with van der Waals surface area (Å²) in [6.07, 6.45) is 0.0434. The van der Waals surface area contributed by atoms with Gasteiger partial charge in [0.2, 0.25) is 0 Å². The maximum atomic E-state index is 6.01. The Labute approximate surface area is 181 Å². The number of hydrogen-bond acceptors (Lipinski definition) is 4. The van der Waals surface area contributed by atoms with Gasteiger partial charge in [-0.2, -0.15) is 0 Å². The van der Waals surface area contributed by atoms with Crippen LogP contribution in [0.15, 0.2) is 29.3 Å². The highest BCUT2D eigenvalue weighted by Gasteiger charge is 2.28. The zero-order valence-corrected chi connectivity index (χ0v) is 19.6. The number of hydrogen-bond donors (Lipinski definition) is 2. The molecule has 2 N–H and O–H groups in total. The first-order chi connectivity index (χ1) is 12.4. The molecule has 0 aromatic heterocycles. The largest absolute Gasteiger partial charge is 0.489 e. The molecular weight excluding hydrogens is 455 g/mol. The quantitative estimate of drug-likeness (QED) is 0.350. The van der Waals surface area contributed by atoms with Gasteiger partial charge in [-0.25, -0.2) is 0 Å². The Morgan fingerprint density at radius 3 is 2.56 bits per heavy atom. The van der Waals surface area contributed by atoms with Crippen LogP contribution in [0.1, 0.15) is 26.3 Å². The van der Waals surface area contributed by atoms with E-state index in [1.54, 1.807) is 7.05 Å². The Hall–Kier alpha value is -1.06. The third-order valence-electron chi connectivity index (χ3n) is 4.76. The van der Waals surface area contributed by atoms with Crippen LogP contribution >= 0.6 is 24.0 Å². The fourth-order valence-electron chi connectivity index (χ4n) is 2.99. The summed E-state index contributed by atoms with van der Waals surface area (Å²) < 4.78 is 11.5. The lowest BCUT2D eigenvalue weighted by Gasteiger charge is -2.41. The normalized spacial score (nSPS) is 17.0. The highest BCUT2D eigenvalue weighted by molar-refractivity contribution is 14.0. The van der Waals surface area contributed by atoms with Crippen molar-refractivity contribution in [3.05, 3.63) is 29.8 Å². The highest BCUT2D eigenvalue weighted by atomic mass is 127. The molecule has 7 heteroatoms. The van der Waals surface area contributed by atoms with Crippen LogP contribution < -0.4 is 15.4 Å². The smallest absolute Gasteiger partial charge is 0.191 e. The minimum Gasteiger partial charge on any atom is -0.489 e. The minimum absolute atomic E-state index is 0. The summed E-state index contributed by atoms with van der Waals surface area (Å²) in [5.74, 6) is 1.73. The number of aryl methyl sites for hydroxylation is 1. The number of aliphatic imine (C=N–C) groups is 1. The summed E-state index contributed by atoms with van der Waals surface area (Å²) in [6.45, 7) is 13.7. The van der Waals surface area contributed by atoms with E-state index >= 15 is 0 Å². The number of para-hydroxylation sites is 1. The van der Waals surface area contributed by atoms with Gasteiger partial charge in [-0.15, -0.1) is 24.0 Å². The average Bonchev–Trinajstić information content (AvgIpc) is 2.64. The lowest BCUT2D eigenvalue weighted by atomic mass is 10.0. The minimum atomic E-state index is 0. The molecule has 0 radical (unpaired) electrons. The van der Waals surface area contributed by atoms with Crippen molar-refractivity contribution in [3.63, 3.8) is 0 Å². The second kappa shape index (κ2) is 11.7. The molecule has 0 bridgehead atoms. The van der Waals surface area contributed by atoms with Crippen molar-refractivity contribution in [2.75, 3.05) is 46.4 Å². The number of guanidine groups is 1. The van der Waals surface area contributed by atoms with Crippen LogP contribution in [0.4, 0.5) is 0 Å². The van der Waals surface area contributed by atoms with Crippen LogP contribution in [0.5, 0.6) is 5.75 Å². The SMILES string of the molecule is CN=C(NCC(C)Oc1ccccc1C)NCC(C)(C)N1CCOCC1.I. The summed E-state index contributed by atoms with van der Waals surface area (Å²) in [6, 6.07) is 8.08. The summed E-state index contributed by atoms with van der Waals surface area (Å²) in [4.78, 5) is 6.79. The lowest BCUT2D eigenvalue weighted by molar-refractivity contribution is -0.00834. The van der Waals surface area contributed by atoms with Gasteiger partial charge in [0.15, 0.2) is 5.96 Å². The molecule has 1 saturated heterocycles. The van der Waals surface area contributed by atoms with Gasteiger partial charge in [0.25, 0.3) is 0 Å². The molecule has 2 rings (SSSR count). The van der Waals surface area contributed by atoms with E-state index in [0.717, 1.165) is 50.1 Å². The van der Waals surface area contributed by atoms with Gasteiger partial charge in [0.1, 0.15) is 11.9 Å². The second-order valence-electron chi connectivity index (χ2n) is 7.41. The Kier molecular flexibility index (Phi) is 10.4. The number of nitrogens with one attached hydrogen (secondary N) is 2. The van der Waals surface area contributed by atoms with E-state index < -0.39 is 0 Å². The number of halogens is 1. The van der Waals surface area contributed by atoms with Gasteiger partial charge in [-0.05, 0) is 39.3 Å². The molecule has 154 valence electrons. The third kappa shape index (κ3) is 7.83. The van der Waals surface area contributed by atoms with Crippen molar-refractivity contribution < 1.29 is 9.47 Å². The van der Waals surface area contributed by atoms with Gasteiger partial charge < -0.3 is 20.1 Å². The lowest BCUT2D eigenvalue weighted by Crippen LogP contribution is -2.56. The standard InChI is InChI=1S/C20H34N4O2.HI/c1-16-8-6-7-9-18(16)26-17(2)14-22-19(21-5)23-15-20(3,4)24-10-12-25-13-11-24;/h6-9,17H,10-15H2,1-5H3,(H2,21,22,23);1H. The molecule has 1 aromatic carbocycles. The molecule has 1 heterocycles. The number of morpholine rings is 1. The van der Waals surface area contributed by atoms with Gasteiger partial charge >= 0.3 is 0 Å². The molecule has 0 saturated carbocycles. The summed E-state index contributed by atoms with van der Waals surface area (Å²) in [5.41, 5.74) is 1.19. The number of rotatable bonds is 7. The predicted molar refractivity (Wildman–Crippen MR) is 123 cm³/mol. The molecule has 27 heavy (non-hydrogen) atoms. The molecule has 6 nitrogen and oxygen atoms in total. The van der Waals surface area contributed by atoms with Crippen LogP contribution in [0.25, 0.3) is 0 Å². The van der Waals surface area contributed by atoms with Crippen molar-refractivity contribution in [1.82, 2.24) is 15.5 Å². The Morgan fingerprint density at radius 1 is 1.26 bits per heavy atom. The second-order valence-corrected chi connectivity index (χ2v) is 7.41. The third-order valence-corrected chi connectivity index (χ3v) is 4.76. The molecule has 1 aliphatic rings. The first kappa shape index (κ1) is 24.0. The van der Waals surface area contributed by atoms with E-state index in [2.05, 4.69) is 54.3 Å². The molecule has 1 atom stereocenters. The number of benzene rings is 1. The molecular formula is C20H35IN4O2. The summed E-state index contributed by atoms with van der Waals surface area (Å²) in [5, 5.41) is 6.79. The summed E-state index contributed by atoms with van der Waals surface area (Å²) >= 11 is 0. The monoisotopic (exact) mass is 490 g/mol. The molecule has 0 spiro atoms. The topological polar surface area (TPSA) is 58.1 Å². The molecule has 1 fully saturated rings. The zero-order chi connectivity index (χ0) is 19.0. The molecule has 0 amide bonds. The maximum absolute atomic E-state index is 6.01. The maximum Gasteiger partial charge on any atom is 0.191 e. The molecule has 0 aliphatic carbocycles. The Bertz CT molecular complexity index is 589. The van der Waals surface area contributed by atoms with Crippen molar-refractivity contribution in [1.29, 1.82) is 0 Å². The van der Waals surface area contributed by atoms with Gasteiger partial charge in [-0.3, -0.25) is 9.89 Å². The van der Waals surface area contributed by atoms with E-state index in [-0.39, 0.29) is 35.6 Å². The first-order valence-corrected chi connectivity index (χ1v) is 9.42. The van der Waals surface area contributed by atoms with Gasteiger partial charge in [0.05, 0.1) is 19.8 Å². The van der Waals surface area contributed by atoms with Crippen LogP contribution in [-0.2, 0) is 4.74 Å². The van der Waals surface area contributed by atoms with E-state index in [9.17, 15) is 0 Å². The van der Waals surface area contributed by atoms with E-state index in [1.807, 2.05) is 18.2 Å². The van der Waals surface area contributed by atoms with Crippen LogP contribution in [-0.4, -0.2) is 68.9 Å². The fraction of sp³-hybridized carbons (Fsp3) is 0.650.